The van der Waals surface area contributed by atoms with Gasteiger partial charge < -0.3 is 14.6 Å². The van der Waals surface area contributed by atoms with Gasteiger partial charge in [0.1, 0.15) is 17.4 Å². The third-order valence-corrected chi connectivity index (χ3v) is 9.27. The number of anilines is 1. The summed E-state index contributed by atoms with van der Waals surface area (Å²) in [7, 11) is 0. The van der Waals surface area contributed by atoms with Gasteiger partial charge in [0.15, 0.2) is 5.78 Å². The van der Waals surface area contributed by atoms with E-state index in [2.05, 4.69) is 11.1 Å². The Bertz CT molecular complexity index is 1660. The van der Waals surface area contributed by atoms with Gasteiger partial charge in [-0.3, -0.25) is 19.4 Å². The second-order valence-corrected chi connectivity index (χ2v) is 11.3. The molecule has 3 aliphatic heterocycles. The number of nitrogens with zero attached hydrogens (tertiary/aromatic N) is 3. The van der Waals surface area contributed by atoms with Crippen molar-refractivity contribution in [1.29, 1.82) is 5.26 Å². The van der Waals surface area contributed by atoms with Gasteiger partial charge in [-0.1, -0.05) is 12.1 Å². The number of rotatable bonds is 5. The first-order valence-electron chi connectivity index (χ1n) is 13.6. The molecule has 0 radical (unpaired) electrons. The van der Waals surface area contributed by atoms with E-state index in [9.17, 15) is 24.8 Å². The number of amides is 2. The summed E-state index contributed by atoms with van der Waals surface area (Å²) < 4.78 is 12.6. The fourth-order valence-electron chi connectivity index (χ4n) is 7.42. The standard InChI is InChI=1S/C31H27N3O6/c1-30-24(36)15-31(40-30,12-14-39-23-9-3-5-18-19(23)6-2-8-22(18)35)26-25(30)28(37)34(29(26)38)21-11-10-17(16-32)27-20(21)7-4-13-33-27/h3-5,7,9-11,13,24-26,36H,2,6,8,12,14-15H2,1H3/t24-,25-,26+,30-,31+/m1/s1. The van der Waals surface area contributed by atoms with E-state index < -0.39 is 35.0 Å². The average molecular weight is 538 g/mol. The van der Waals surface area contributed by atoms with Crippen molar-refractivity contribution in [2.24, 2.45) is 11.8 Å². The molecule has 0 saturated carbocycles. The predicted molar refractivity (Wildman–Crippen MR) is 143 cm³/mol. The molecule has 1 aromatic heterocycles. The molecule has 9 heteroatoms. The second-order valence-electron chi connectivity index (χ2n) is 11.3. The van der Waals surface area contributed by atoms with Gasteiger partial charge >= 0.3 is 0 Å². The van der Waals surface area contributed by atoms with E-state index in [1.807, 2.05) is 18.2 Å². The molecule has 3 aromatic rings. The number of fused-ring (bicyclic) bond motifs is 7. The molecule has 4 aliphatic rings. The van der Waals surface area contributed by atoms with Crippen LogP contribution in [-0.4, -0.2) is 51.6 Å². The highest BCUT2D eigenvalue weighted by Gasteiger charge is 2.77. The Morgan fingerprint density at radius 3 is 2.77 bits per heavy atom. The molecular formula is C31H27N3O6. The number of Topliss-reactive ketones (excluding diaryl/α,β-unsaturated/α-hetero) is 1. The smallest absolute Gasteiger partial charge is 0.240 e. The summed E-state index contributed by atoms with van der Waals surface area (Å²) in [6.45, 7) is 1.90. The van der Waals surface area contributed by atoms with Crippen LogP contribution in [0.15, 0.2) is 48.7 Å². The van der Waals surface area contributed by atoms with Crippen LogP contribution in [0.3, 0.4) is 0 Å². The monoisotopic (exact) mass is 537 g/mol. The van der Waals surface area contributed by atoms with Gasteiger partial charge in [0.05, 0.1) is 46.9 Å². The number of ether oxygens (including phenoxy) is 2. The lowest BCUT2D eigenvalue weighted by Crippen LogP contribution is -2.49. The minimum atomic E-state index is -1.22. The Hall–Kier alpha value is -4.13. The number of aliphatic hydroxyl groups excluding tert-OH is 1. The quantitative estimate of drug-likeness (QED) is 0.490. The zero-order valence-electron chi connectivity index (χ0n) is 21.9. The number of hydrogen-bond donors (Lipinski definition) is 1. The van der Waals surface area contributed by atoms with E-state index in [-0.39, 0.29) is 24.7 Å². The average Bonchev–Trinajstić information content (AvgIpc) is 3.49. The van der Waals surface area contributed by atoms with E-state index in [0.717, 1.165) is 18.4 Å². The summed E-state index contributed by atoms with van der Waals surface area (Å²) in [5.74, 6) is -1.70. The number of carbonyl (C=O) groups excluding carboxylic acids is 3. The van der Waals surface area contributed by atoms with E-state index >= 15 is 0 Å². The summed E-state index contributed by atoms with van der Waals surface area (Å²) in [5.41, 5.74) is 0.436. The highest BCUT2D eigenvalue weighted by molar-refractivity contribution is 6.26. The lowest BCUT2D eigenvalue weighted by atomic mass is 9.66. The first kappa shape index (κ1) is 24.9. The van der Waals surface area contributed by atoms with E-state index in [1.54, 1.807) is 37.4 Å². The SMILES string of the molecule is C[C@@]12O[C@@](CCOc3cccc4c3CCCC4=O)(C[C@H]1O)[C@@H]1C(=O)N(c3ccc(C#N)c4ncccc34)C(=O)[C@@H]12. The Morgan fingerprint density at radius 1 is 1.12 bits per heavy atom. The van der Waals surface area contributed by atoms with Gasteiger partial charge in [-0.05, 0) is 50.1 Å². The van der Waals surface area contributed by atoms with Crippen molar-refractivity contribution in [1.82, 2.24) is 4.98 Å². The van der Waals surface area contributed by atoms with Gasteiger partial charge in [0.2, 0.25) is 11.8 Å². The molecule has 2 bridgehead atoms. The predicted octanol–water partition coefficient (Wildman–Crippen LogP) is 3.49. The molecule has 1 aliphatic carbocycles. The maximum absolute atomic E-state index is 14.1. The molecule has 2 aromatic carbocycles. The fraction of sp³-hybridized carbons (Fsp3) is 0.387. The third kappa shape index (κ3) is 3.26. The topological polar surface area (TPSA) is 130 Å². The summed E-state index contributed by atoms with van der Waals surface area (Å²) in [4.78, 5) is 45.9. The van der Waals surface area contributed by atoms with Crippen LogP contribution in [0.1, 0.15) is 54.1 Å². The molecule has 3 fully saturated rings. The first-order valence-corrected chi connectivity index (χ1v) is 13.6. The van der Waals surface area contributed by atoms with Crippen molar-refractivity contribution in [3.63, 3.8) is 0 Å². The van der Waals surface area contributed by atoms with Gasteiger partial charge in [0, 0.05) is 42.0 Å². The lowest BCUT2D eigenvalue weighted by molar-refractivity contribution is -0.134. The maximum atomic E-state index is 14.1. The zero-order chi connectivity index (χ0) is 27.8. The Balaban J connectivity index is 1.21. The number of aliphatic hydroxyl groups is 1. The van der Waals surface area contributed by atoms with Crippen LogP contribution < -0.4 is 9.64 Å². The van der Waals surface area contributed by atoms with Crippen LogP contribution in [0.4, 0.5) is 5.69 Å². The molecule has 202 valence electrons. The Kier molecular flexibility index (Phi) is 5.40. The summed E-state index contributed by atoms with van der Waals surface area (Å²) in [6, 6.07) is 14.2. The molecular weight excluding hydrogens is 510 g/mol. The zero-order valence-corrected chi connectivity index (χ0v) is 21.9. The number of pyridine rings is 1. The lowest BCUT2D eigenvalue weighted by Gasteiger charge is -2.33. The number of nitriles is 1. The van der Waals surface area contributed by atoms with Crippen molar-refractivity contribution >= 4 is 34.2 Å². The molecule has 2 amide bonds. The molecule has 1 N–H and O–H groups in total. The maximum Gasteiger partial charge on any atom is 0.240 e. The van der Waals surface area contributed by atoms with Crippen LogP contribution in [0, 0.1) is 23.2 Å². The van der Waals surface area contributed by atoms with Crippen molar-refractivity contribution in [2.75, 3.05) is 11.5 Å². The molecule has 0 spiro atoms. The van der Waals surface area contributed by atoms with Crippen LogP contribution >= 0.6 is 0 Å². The van der Waals surface area contributed by atoms with Gasteiger partial charge in [-0.25, -0.2) is 4.90 Å². The van der Waals surface area contributed by atoms with E-state index in [0.29, 0.717) is 46.3 Å². The normalized spacial score (nSPS) is 30.5. The molecule has 0 unspecified atom stereocenters. The molecule has 7 rings (SSSR count). The van der Waals surface area contributed by atoms with Gasteiger partial charge in [-0.2, -0.15) is 5.26 Å². The Labute approximate surface area is 230 Å². The van der Waals surface area contributed by atoms with Gasteiger partial charge in [0.25, 0.3) is 0 Å². The molecule has 5 atom stereocenters. The number of benzene rings is 2. The van der Waals surface area contributed by atoms with Crippen molar-refractivity contribution < 1.29 is 29.0 Å². The number of ketones is 1. The number of hydrogen-bond acceptors (Lipinski definition) is 8. The van der Waals surface area contributed by atoms with Crippen molar-refractivity contribution in [3.8, 4) is 11.8 Å². The minimum Gasteiger partial charge on any atom is -0.493 e. The molecule has 3 saturated heterocycles. The van der Waals surface area contributed by atoms with E-state index in [1.165, 1.54) is 4.90 Å². The largest absolute Gasteiger partial charge is 0.493 e. The highest BCUT2D eigenvalue weighted by Crippen LogP contribution is 2.62. The first-order chi connectivity index (χ1) is 19.3. The summed E-state index contributed by atoms with van der Waals surface area (Å²) in [6.07, 6.45) is 3.21. The van der Waals surface area contributed by atoms with Crippen LogP contribution in [0.2, 0.25) is 0 Å². The molecule has 40 heavy (non-hydrogen) atoms. The van der Waals surface area contributed by atoms with Gasteiger partial charge in [-0.15, -0.1) is 0 Å². The number of carbonyl (C=O) groups is 3. The Morgan fingerprint density at radius 2 is 1.95 bits per heavy atom. The van der Waals surface area contributed by atoms with Crippen LogP contribution in [0.5, 0.6) is 5.75 Å². The summed E-state index contributed by atoms with van der Waals surface area (Å²) in [5, 5.41) is 21.1. The summed E-state index contributed by atoms with van der Waals surface area (Å²) >= 11 is 0. The fourth-order valence-corrected chi connectivity index (χ4v) is 7.42. The third-order valence-electron chi connectivity index (χ3n) is 9.27. The molecule has 4 heterocycles. The molecule has 9 nitrogen and oxygen atoms in total. The number of imide groups is 1. The van der Waals surface area contributed by atoms with Crippen LogP contribution in [-0.2, 0) is 20.7 Å². The van der Waals surface area contributed by atoms with Crippen molar-refractivity contribution in [2.45, 2.75) is 56.3 Å². The number of aromatic nitrogens is 1. The second kappa shape index (κ2) is 8.68. The highest BCUT2D eigenvalue weighted by atomic mass is 16.6. The minimum absolute atomic E-state index is 0.114. The van der Waals surface area contributed by atoms with Crippen molar-refractivity contribution in [3.05, 3.63) is 65.4 Å². The van der Waals surface area contributed by atoms with Crippen LogP contribution in [0.25, 0.3) is 10.9 Å². The van der Waals surface area contributed by atoms with E-state index in [4.69, 9.17) is 9.47 Å².